The number of hydrogen-bond acceptors (Lipinski definition) is 4. The predicted octanol–water partition coefficient (Wildman–Crippen LogP) is 5.22. The Morgan fingerprint density at radius 2 is 2.09 bits per heavy atom. The van der Waals surface area contributed by atoms with Crippen molar-refractivity contribution in [2.24, 2.45) is 0 Å². The van der Waals surface area contributed by atoms with E-state index < -0.39 is 11.5 Å². The van der Waals surface area contributed by atoms with Crippen molar-refractivity contribution in [1.82, 2.24) is 0 Å². The van der Waals surface area contributed by atoms with E-state index in [0.29, 0.717) is 4.47 Å². The van der Waals surface area contributed by atoms with E-state index >= 15 is 0 Å². The lowest BCUT2D eigenvalue weighted by atomic mass is 10.2. The fraction of sp³-hybridized carbons (Fsp3) is 0.143. The van der Waals surface area contributed by atoms with E-state index in [4.69, 9.17) is 11.6 Å². The molecule has 0 radical (unpaired) electrons. The van der Waals surface area contributed by atoms with Gasteiger partial charge in [0.05, 0.1) is 4.92 Å². The molecular formula is C14H10BrClF2N2O3. The molecule has 122 valence electrons. The quantitative estimate of drug-likeness (QED) is 0.526. The molecule has 0 atom stereocenters. The molecule has 9 heteroatoms. The first kappa shape index (κ1) is 17.4. The third kappa shape index (κ3) is 4.52. The third-order valence-corrected chi connectivity index (χ3v) is 3.75. The van der Waals surface area contributed by atoms with Crippen LogP contribution in [0.15, 0.2) is 40.9 Å². The zero-order valence-electron chi connectivity index (χ0n) is 11.4. The summed E-state index contributed by atoms with van der Waals surface area (Å²) in [5.74, 6) is -0.0855. The van der Waals surface area contributed by atoms with E-state index in [0.717, 1.165) is 0 Å². The number of rotatable bonds is 6. The molecule has 2 aromatic carbocycles. The van der Waals surface area contributed by atoms with Crippen molar-refractivity contribution in [2.45, 2.75) is 13.2 Å². The van der Waals surface area contributed by atoms with Crippen LogP contribution in [0.4, 0.5) is 20.2 Å². The first-order valence-electron chi connectivity index (χ1n) is 6.28. The Morgan fingerprint density at radius 1 is 1.35 bits per heavy atom. The van der Waals surface area contributed by atoms with Crippen LogP contribution >= 0.6 is 27.5 Å². The van der Waals surface area contributed by atoms with Crippen LogP contribution in [0.2, 0.25) is 5.02 Å². The number of nitrogens with one attached hydrogen (secondary N) is 1. The van der Waals surface area contributed by atoms with Gasteiger partial charge in [0.25, 0.3) is 5.69 Å². The molecule has 0 bridgehead atoms. The van der Waals surface area contributed by atoms with Gasteiger partial charge in [-0.3, -0.25) is 10.1 Å². The van der Waals surface area contributed by atoms with Crippen molar-refractivity contribution in [3.63, 3.8) is 0 Å². The number of benzene rings is 2. The number of ether oxygens (including phenoxy) is 1. The Hall–Kier alpha value is -1.93. The summed E-state index contributed by atoms with van der Waals surface area (Å²) < 4.78 is 29.9. The van der Waals surface area contributed by atoms with Crippen LogP contribution in [0.25, 0.3) is 0 Å². The van der Waals surface area contributed by atoms with Crippen LogP contribution in [0.3, 0.4) is 0 Å². The second kappa shape index (κ2) is 7.56. The number of hydrogen-bond donors (Lipinski definition) is 1. The van der Waals surface area contributed by atoms with E-state index in [1.807, 2.05) is 0 Å². The smallest absolute Gasteiger partial charge is 0.387 e. The fourth-order valence-corrected chi connectivity index (χ4v) is 2.50. The van der Waals surface area contributed by atoms with E-state index in [2.05, 4.69) is 26.0 Å². The minimum Gasteiger partial charge on any atom is -0.434 e. The second-order valence-electron chi connectivity index (χ2n) is 4.37. The Balaban J connectivity index is 2.28. The third-order valence-electron chi connectivity index (χ3n) is 2.90. The molecule has 0 heterocycles. The molecule has 23 heavy (non-hydrogen) atoms. The summed E-state index contributed by atoms with van der Waals surface area (Å²) in [6.07, 6.45) is 0. The number of nitrogens with zero attached hydrogens (tertiary/aromatic N) is 1. The number of anilines is 1. The van der Waals surface area contributed by atoms with Crippen LogP contribution < -0.4 is 10.1 Å². The Kier molecular flexibility index (Phi) is 5.73. The van der Waals surface area contributed by atoms with E-state index in [-0.39, 0.29) is 34.3 Å². The highest BCUT2D eigenvalue weighted by molar-refractivity contribution is 9.10. The van der Waals surface area contributed by atoms with Crippen LogP contribution in [0.1, 0.15) is 5.56 Å². The normalized spacial score (nSPS) is 10.7. The fourth-order valence-electron chi connectivity index (χ4n) is 1.91. The molecule has 0 aliphatic heterocycles. The summed E-state index contributed by atoms with van der Waals surface area (Å²) in [6, 6.07) is 8.73. The van der Waals surface area contributed by atoms with Crippen LogP contribution in [0.5, 0.6) is 5.75 Å². The maximum absolute atomic E-state index is 12.4. The maximum Gasteiger partial charge on any atom is 0.387 e. The van der Waals surface area contributed by atoms with Crippen molar-refractivity contribution >= 4 is 38.9 Å². The van der Waals surface area contributed by atoms with Crippen molar-refractivity contribution < 1.29 is 18.4 Å². The van der Waals surface area contributed by atoms with Gasteiger partial charge >= 0.3 is 6.61 Å². The molecule has 1 N–H and O–H groups in total. The maximum atomic E-state index is 12.4. The first-order chi connectivity index (χ1) is 10.9. The first-order valence-corrected chi connectivity index (χ1v) is 7.45. The highest BCUT2D eigenvalue weighted by atomic mass is 79.9. The lowest BCUT2D eigenvalue weighted by Gasteiger charge is -2.14. The molecular weight excluding hydrogens is 398 g/mol. The molecule has 0 spiro atoms. The topological polar surface area (TPSA) is 64.4 Å². The van der Waals surface area contributed by atoms with Crippen molar-refractivity contribution in [2.75, 3.05) is 5.32 Å². The largest absolute Gasteiger partial charge is 0.434 e. The summed E-state index contributed by atoms with van der Waals surface area (Å²) in [7, 11) is 0. The van der Waals surface area contributed by atoms with E-state index in [1.165, 1.54) is 36.4 Å². The second-order valence-corrected chi connectivity index (χ2v) is 5.69. The Bertz CT molecular complexity index is 731. The highest BCUT2D eigenvalue weighted by Crippen LogP contribution is 2.32. The van der Waals surface area contributed by atoms with Gasteiger partial charge in [0.15, 0.2) is 0 Å². The molecule has 0 aromatic heterocycles. The van der Waals surface area contributed by atoms with Gasteiger partial charge in [0.2, 0.25) is 0 Å². The SMILES string of the molecule is O=[N+]([O-])c1ccc(Br)cc1NCc1c(Cl)cccc1OC(F)F. The number of halogens is 4. The average molecular weight is 408 g/mol. The van der Waals surface area contributed by atoms with Crippen molar-refractivity contribution in [3.05, 3.63) is 61.6 Å². The van der Waals surface area contributed by atoms with E-state index in [1.54, 1.807) is 0 Å². The predicted molar refractivity (Wildman–Crippen MR) is 86.2 cm³/mol. The molecule has 5 nitrogen and oxygen atoms in total. The zero-order chi connectivity index (χ0) is 17.0. The average Bonchev–Trinajstić information content (AvgIpc) is 2.45. The summed E-state index contributed by atoms with van der Waals surface area (Å²) in [6.45, 7) is -3.01. The minimum absolute atomic E-state index is 0.0149. The van der Waals surface area contributed by atoms with Gasteiger partial charge in [0.1, 0.15) is 11.4 Å². The Labute approximate surface area is 143 Å². The molecule has 2 rings (SSSR count). The van der Waals surface area contributed by atoms with Gasteiger partial charge in [-0.15, -0.1) is 0 Å². The minimum atomic E-state index is -2.99. The van der Waals surface area contributed by atoms with Gasteiger partial charge in [-0.25, -0.2) is 0 Å². The van der Waals surface area contributed by atoms with E-state index in [9.17, 15) is 18.9 Å². The van der Waals surface area contributed by atoms with Gasteiger partial charge in [-0.05, 0) is 24.3 Å². The summed E-state index contributed by atoms with van der Waals surface area (Å²) in [4.78, 5) is 10.5. The van der Waals surface area contributed by atoms with Crippen molar-refractivity contribution in [1.29, 1.82) is 0 Å². The summed E-state index contributed by atoms with van der Waals surface area (Å²) in [5.41, 5.74) is 0.368. The number of alkyl halides is 2. The van der Waals surface area contributed by atoms with Crippen LogP contribution in [-0.4, -0.2) is 11.5 Å². The molecule has 0 aliphatic carbocycles. The van der Waals surface area contributed by atoms with Crippen LogP contribution in [0, 0.1) is 10.1 Å². The molecule has 0 unspecified atom stereocenters. The molecule has 0 aliphatic rings. The number of nitro benzene ring substituents is 1. The molecule has 0 fully saturated rings. The summed E-state index contributed by atoms with van der Waals surface area (Å²) >= 11 is 9.23. The lowest BCUT2D eigenvalue weighted by molar-refractivity contribution is -0.384. The van der Waals surface area contributed by atoms with Crippen LogP contribution in [-0.2, 0) is 6.54 Å². The molecule has 2 aromatic rings. The standard InChI is InChI=1S/C14H10BrClF2N2O3/c15-8-4-5-12(20(21)22)11(6-8)19-7-9-10(16)2-1-3-13(9)23-14(17)18/h1-6,14,19H,7H2. The number of nitro groups is 1. The van der Waals surface area contributed by atoms with Gasteiger partial charge in [-0.2, -0.15) is 8.78 Å². The highest BCUT2D eigenvalue weighted by Gasteiger charge is 2.16. The van der Waals surface area contributed by atoms with Gasteiger partial charge in [0, 0.05) is 27.7 Å². The monoisotopic (exact) mass is 406 g/mol. The van der Waals surface area contributed by atoms with Gasteiger partial charge < -0.3 is 10.1 Å². The molecule has 0 saturated carbocycles. The van der Waals surface area contributed by atoms with Crippen molar-refractivity contribution in [3.8, 4) is 5.75 Å². The molecule has 0 saturated heterocycles. The Morgan fingerprint density at radius 3 is 2.74 bits per heavy atom. The zero-order valence-corrected chi connectivity index (χ0v) is 13.8. The summed E-state index contributed by atoms with van der Waals surface area (Å²) in [5, 5.41) is 14.1. The van der Waals surface area contributed by atoms with Gasteiger partial charge in [-0.1, -0.05) is 33.6 Å². The molecule has 0 amide bonds. The lowest BCUT2D eigenvalue weighted by Crippen LogP contribution is -2.08.